The maximum atomic E-state index is 11.3. The molecule has 2 rings (SSSR count). The van der Waals surface area contributed by atoms with Gasteiger partial charge in [-0.15, -0.1) is 0 Å². The predicted molar refractivity (Wildman–Crippen MR) is 72.1 cm³/mol. The first kappa shape index (κ1) is 12.9. The number of amides is 2. The number of rotatable bonds is 3. The van der Waals surface area contributed by atoms with Gasteiger partial charge in [0.05, 0.1) is 0 Å². The van der Waals surface area contributed by atoms with Crippen LogP contribution in [0.25, 0.3) is 0 Å². The molecular formula is C14H21N3O. The molecule has 3 N–H and O–H groups in total. The molecule has 2 amide bonds. The molecule has 0 radical (unpaired) electrons. The molecule has 1 aliphatic carbocycles. The number of urea groups is 1. The fourth-order valence-corrected chi connectivity index (χ4v) is 2.45. The van der Waals surface area contributed by atoms with Crippen LogP contribution in [-0.4, -0.2) is 24.5 Å². The molecule has 0 fully saturated rings. The van der Waals surface area contributed by atoms with Gasteiger partial charge in [-0.3, -0.25) is 5.43 Å². The summed E-state index contributed by atoms with van der Waals surface area (Å²) in [6, 6.07) is 6.47. The zero-order valence-electron chi connectivity index (χ0n) is 10.9. The first-order valence-corrected chi connectivity index (χ1v) is 6.53. The molecule has 18 heavy (non-hydrogen) atoms. The molecule has 0 aromatic heterocycles. The summed E-state index contributed by atoms with van der Waals surface area (Å²) in [5.74, 6) is 5.09. The third-order valence-electron chi connectivity index (χ3n) is 3.62. The SMILES string of the molecule is CN(CCc1ccc2c(c1)CCCC2)C(=O)NN. The van der Waals surface area contributed by atoms with E-state index in [9.17, 15) is 4.79 Å². The van der Waals surface area contributed by atoms with E-state index in [0.717, 1.165) is 6.42 Å². The lowest BCUT2D eigenvalue weighted by atomic mass is 9.90. The van der Waals surface area contributed by atoms with Crippen LogP contribution in [0.3, 0.4) is 0 Å². The highest BCUT2D eigenvalue weighted by molar-refractivity contribution is 5.73. The van der Waals surface area contributed by atoms with Gasteiger partial charge in [0.1, 0.15) is 0 Å². The van der Waals surface area contributed by atoms with Crippen LogP contribution in [0.4, 0.5) is 4.79 Å². The third-order valence-corrected chi connectivity index (χ3v) is 3.62. The number of likely N-dealkylation sites (N-methyl/N-ethyl adjacent to an activating group) is 1. The largest absolute Gasteiger partial charge is 0.331 e. The Bertz CT molecular complexity index is 431. The standard InChI is InChI=1S/C14H21N3O/c1-17(14(18)16-15)9-8-11-6-7-12-4-2-3-5-13(12)10-11/h6-7,10H,2-5,8-9,15H2,1H3,(H,16,18). The summed E-state index contributed by atoms with van der Waals surface area (Å²) in [5, 5.41) is 0. The van der Waals surface area contributed by atoms with Crippen LogP contribution in [0.1, 0.15) is 29.5 Å². The Labute approximate surface area is 108 Å². The summed E-state index contributed by atoms with van der Waals surface area (Å²) in [7, 11) is 1.75. The molecule has 0 heterocycles. The third kappa shape index (κ3) is 3.01. The van der Waals surface area contributed by atoms with Crippen LogP contribution in [0, 0.1) is 0 Å². The average molecular weight is 247 g/mol. The van der Waals surface area contributed by atoms with Gasteiger partial charge in [0.15, 0.2) is 0 Å². The van der Waals surface area contributed by atoms with Gasteiger partial charge in [0, 0.05) is 13.6 Å². The van der Waals surface area contributed by atoms with Crippen molar-refractivity contribution < 1.29 is 4.79 Å². The molecule has 0 atom stereocenters. The molecule has 1 aliphatic rings. The maximum absolute atomic E-state index is 11.3. The van der Waals surface area contributed by atoms with Gasteiger partial charge in [0.25, 0.3) is 0 Å². The minimum atomic E-state index is -0.243. The van der Waals surface area contributed by atoms with E-state index in [0.29, 0.717) is 6.54 Å². The highest BCUT2D eigenvalue weighted by Crippen LogP contribution is 2.22. The number of hydrazine groups is 1. The molecule has 1 aromatic carbocycles. The summed E-state index contributed by atoms with van der Waals surface area (Å²) in [5.41, 5.74) is 6.43. The first-order valence-electron chi connectivity index (χ1n) is 6.53. The second-order valence-corrected chi connectivity index (χ2v) is 4.93. The molecule has 0 unspecified atom stereocenters. The van der Waals surface area contributed by atoms with E-state index in [-0.39, 0.29) is 6.03 Å². The smallest absolute Gasteiger partial charge is 0.326 e. The predicted octanol–water partition coefficient (Wildman–Crippen LogP) is 1.62. The van der Waals surface area contributed by atoms with Gasteiger partial charge in [-0.2, -0.15) is 0 Å². The molecule has 0 bridgehead atoms. The number of carbonyl (C=O) groups is 1. The lowest BCUT2D eigenvalue weighted by Gasteiger charge is -2.18. The van der Waals surface area contributed by atoms with E-state index in [4.69, 9.17) is 5.84 Å². The van der Waals surface area contributed by atoms with Crippen molar-refractivity contribution in [2.24, 2.45) is 5.84 Å². The Balaban J connectivity index is 1.96. The summed E-state index contributed by atoms with van der Waals surface area (Å²) < 4.78 is 0. The lowest BCUT2D eigenvalue weighted by molar-refractivity contribution is 0.209. The number of fused-ring (bicyclic) bond motifs is 1. The van der Waals surface area contributed by atoms with Gasteiger partial charge in [-0.1, -0.05) is 18.2 Å². The van der Waals surface area contributed by atoms with Crippen LogP contribution in [0.2, 0.25) is 0 Å². The Morgan fingerprint density at radius 2 is 2.06 bits per heavy atom. The Morgan fingerprint density at radius 1 is 1.33 bits per heavy atom. The van der Waals surface area contributed by atoms with Gasteiger partial charge in [-0.05, 0) is 48.8 Å². The molecule has 98 valence electrons. The highest BCUT2D eigenvalue weighted by Gasteiger charge is 2.10. The molecule has 4 nitrogen and oxygen atoms in total. The maximum Gasteiger partial charge on any atom is 0.331 e. The second kappa shape index (κ2) is 5.87. The number of carbonyl (C=O) groups excluding carboxylic acids is 1. The van der Waals surface area contributed by atoms with Crippen molar-refractivity contribution in [1.82, 2.24) is 10.3 Å². The number of hydrogen-bond acceptors (Lipinski definition) is 2. The zero-order valence-corrected chi connectivity index (χ0v) is 10.9. The quantitative estimate of drug-likeness (QED) is 0.484. The number of nitrogens with zero attached hydrogens (tertiary/aromatic N) is 1. The monoisotopic (exact) mass is 247 g/mol. The molecule has 4 heteroatoms. The van der Waals surface area contributed by atoms with Gasteiger partial charge in [0.2, 0.25) is 0 Å². The number of aryl methyl sites for hydroxylation is 2. The van der Waals surface area contributed by atoms with E-state index in [2.05, 4.69) is 23.6 Å². The van der Waals surface area contributed by atoms with E-state index in [1.807, 2.05) is 0 Å². The van der Waals surface area contributed by atoms with Crippen molar-refractivity contribution in [3.8, 4) is 0 Å². The first-order chi connectivity index (χ1) is 8.70. The molecule has 0 aliphatic heterocycles. The van der Waals surface area contributed by atoms with E-state index < -0.39 is 0 Å². The van der Waals surface area contributed by atoms with Crippen molar-refractivity contribution in [1.29, 1.82) is 0 Å². The van der Waals surface area contributed by atoms with Crippen LogP contribution in [0.5, 0.6) is 0 Å². The zero-order chi connectivity index (χ0) is 13.0. The van der Waals surface area contributed by atoms with E-state index in [1.54, 1.807) is 11.9 Å². The molecule has 1 aromatic rings. The molecule has 0 saturated carbocycles. The molecular weight excluding hydrogens is 226 g/mol. The fraction of sp³-hybridized carbons (Fsp3) is 0.500. The topological polar surface area (TPSA) is 58.4 Å². The minimum Gasteiger partial charge on any atom is -0.326 e. The van der Waals surface area contributed by atoms with Crippen molar-refractivity contribution in [2.45, 2.75) is 32.1 Å². The Kier molecular flexibility index (Phi) is 4.20. The van der Waals surface area contributed by atoms with Gasteiger partial charge in [-0.25, -0.2) is 10.6 Å². The van der Waals surface area contributed by atoms with Crippen LogP contribution < -0.4 is 11.3 Å². The summed E-state index contributed by atoms with van der Waals surface area (Å²) in [6.45, 7) is 0.682. The second-order valence-electron chi connectivity index (χ2n) is 4.93. The lowest BCUT2D eigenvalue weighted by Crippen LogP contribution is -2.41. The van der Waals surface area contributed by atoms with Gasteiger partial charge >= 0.3 is 6.03 Å². The van der Waals surface area contributed by atoms with Crippen molar-refractivity contribution in [2.75, 3.05) is 13.6 Å². The number of nitrogens with two attached hydrogens (primary N) is 1. The van der Waals surface area contributed by atoms with Crippen molar-refractivity contribution in [3.63, 3.8) is 0 Å². The van der Waals surface area contributed by atoms with E-state index in [1.165, 1.54) is 42.4 Å². The van der Waals surface area contributed by atoms with Crippen LogP contribution in [0.15, 0.2) is 18.2 Å². The Hall–Kier alpha value is -1.55. The van der Waals surface area contributed by atoms with Crippen molar-refractivity contribution in [3.05, 3.63) is 34.9 Å². The minimum absolute atomic E-state index is 0.243. The number of nitrogens with one attached hydrogen (secondary N) is 1. The number of benzene rings is 1. The molecule has 0 saturated heterocycles. The van der Waals surface area contributed by atoms with Crippen LogP contribution in [-0.2, 0) is 19.3 Å². The summed E-state index contributed by atoms with van der Waals surface area (Å²) in [6.07, 6.45) is 5.89. The normalized spacial score (nSPS) is 13.9. The number of hydrogen-bond donors (Lipinski definition) is 2. The van der Waals surface area contributed by atoms with Gasteiger partial charge < -0.3 is 4.90 Å². The summed E-state index contributed by atoms with van der Waals surface area (Å²) >= 11 is 0. The average Bonchev–Trinajstić information content (AvgIpc) is 2.43. The van der Waals surface area contributed by atoms with Crippen LogP contribution >= 0.6 is 0 Å². The molecule has 0 spiro atoms. The highest BCUT2D eigenvalue weighted by atomic mass is 16.2. The Morgan fingerprint density at radius 3 is 2.78 bits per heavy atom. The van der Waals surface area contributed by atoms with E-state index >= 15 is 0 Å². The summed E-state index contributed by atoms with van der Waals surface area (Å²) in [4.78, 5) is 12.9. The van der Waals surface area contributed by atoms with Crippen molar-refractivity contribution >= 4 is 6.03 Å². The fourth-order valence-electron chi connectivity index (χ4n) is 2.45.